The first-order valence-corrected chi connectivity index (χ1v) is 33.6. The van der Waals surface area contributed by atoms with Crippen molar-refractivity contribution >= 4 is 50.7 Å². The molecule has 0 spiro atoms. The Kier molecular flexibility index (Phi) is 31.8. The highest BCUT2D eigenvalue weighted by Gasteiger charge is 2.34. The van der Waals surface area contributed by atoms with Gasteiger partial charge in [-0.2, -0.15) is 27.0 Å². The summed E-state index contributed by atoms with van der Waals surface area (Å²) in [6.45, 7) is 36.2. The number of aromatic nitrogens is 2. The molecule has 2 aliphatic rings. The number of carboxylic acids is 1. The molecule has 8 rings (SSSR count). The van der Waals surface area contributed by atoms with E-state index in [-0.39, 0.29) is 116 Å². The van der Waals surface area contributed by atoms with Gasteiger partial charge in [-0.1, -0.05) is 63.1 Å². The fourth-order valence-electron chi connectivity index (χ4n) is 13.2. The largest absolute Gasteiger partial charge is 0.480 e. The maximum Gasteiger partial charge on any atom is 0.326 e. The molecule has 2 unspecified atom stereocenters. The Hall–Kier alpha value is -6.84. The van der Waals surface area contributed by atoms with E-state index in [4.69, 9.17) is 15.2 Å². The van der Waals surface area contributed by atoms with Crippen molar-refractivity contribution < 1.29 is 51.3 Å². The molecule has 4 heterocycles. The normalized spacial score (nSPS) is 14.1. The van der Waals surface area contributed by atoms with Gasteiger partial charge in [-0.25, -0.2) is 22.4 Å². The van der Waals surface area contributed by atoms with Gasteiger partial charge in [0.05, 0.1) is 32.1 Å². The van der Waals surface area contributed by atoms with Gasteiger partial charge in [0, 0.05) is 78.3 Å². The van der Waals surface area contributed by atoms with Crippen molar-refractivity contribution in [3.8, 4) is 22.3 Å². The predicted molar refractivity (Wildman–Crippen MR) is 389 cm³/mol. The summed E-state index contributed by atoms with van der Waals surface area (Å²) in [6.07, 6.45) is 7.45. The van der Waals surface area contributed by atoms with E-state index in [1.165, 1.54) is 34.1 Å². The molecule has 0 radical (unpaired) electrons. The van der Waals surface area contributed by atoms with Crippen LogP contribution >= 0.6 is 27.0 Å². The second-order valence-corrected chi connectivity index (χ2v) is 27.1. The SMILES string of the molecule is CCOC(=O)C[C@H](CC(=O)C(CC(C)C)n1cc(CCN2CCC2)c(C)cc1=O)c1c(F)c(C)cc(-c2c(C)cc(C)cc2C)c1F.CCOC(=O)C[C@H](N)c1c(F)c(C)cc(-c2c(C)cc(C)cc2C)c1F.Cc1cc(=O)n(C(CC(C)C)C(=O)O)cc1CCN1CCC1.S.S. The van der Waals surface area contributed by atoms with Crippen LogP contribution in [0.3, 0.4) is 0 Å². The van der Waals surface area contributed by atoms with Crippen molar-refractivity contribution in [2.45, 2.75) is 193 Å². The standard InChI is InChI=1S/C39H50F2N2O4.C21H25F2NO2.C17H26N2O3.2H2S/c1-9-47-35(46)21-30(37-38(40)28(8)18-31(39(37)41)36-26(6)16-24(4)17-27(36)7)20-33(44)32(15-23(2)3)43-22-29(25(5)19-34(43)45)11-14-42-12-10-13-42;1-6-26-17(25)10-16(24)19-20(22)14(5)9-15(21(19)23)18-12(3)7-11(2)8-13(18)4;1-12(2)9-15(17(21)22)19-11-14(13(3)10-16(19)20)5-8-18-6-4-7-18;;/h16-19,22-23,30,32H,9-15,20-21H2,1-8H3;7-9,16H,6,10,24H2,1-5H3;10-12,15H,4-9H2,1-3H3,(H,21,22);2*1H2/t30-,32?;16-;;;/m00.../s1. The number of likely N-dealkylation sites (tertiary alicyclic amines) is 2. The van der Waals surface area contributed by atoms with Gasteiger partial charge in [-0.05, 0) is 239 Å². The van der Waals surface area contributed by atoms with Crippen LogP contribution in [-0.4, -0.2) is 100 Å². The number of benzene rings is 4. The lowest BCUT2D eigenvalue weighted by atomic mass is 9.83. The van der Waals surface area contributed by atoms with Crippen molar-refractivity contribution in [3.63, 3.8) is 0 Å². The lowest BCUT2D eigenvalue weighted by molar-refractivity contribution is -0.144. The van der Waals surface area contributed by atoms with Gasteiger partial charge in [0.15, 0.2) is 5.78 Å². The number of carbonyl (C=O) groups is 4. The summed E-state index contributed by atoms with van der Waals surface area (Å²) in [5.41, 5.74) is 16.8. The zero-order valence-electron chi connectivity index (χ0n) is 59.8. The minimum atomic E-state index is -1.13. The average Bonchev–Trinajstić information content (AvgIpc) is 0.776. The number of ether oxygens (including phenoxy) is 2. The molecule has 2 fully saturated rings. The van der Waals surface area contributed by atoms with Crippen LogP contribution in [0.1, 0.15) is 188 Å². The number of nitrogens with two attached hydrogens (primary N) is 1. The number of carboxylic acid groups (broad SMARTS) is 1. The molecule has 2 aromatic heterocycles. The minimum absolute atomic E-state index is 0. The molecule has 97 heavy (non-hydrogen) atoms. The van der Waals surface area contributed by atoms with Gasteiger partial charge >= 0.3 is 17.9 Å². The van der Waals surface area contributed by atoms with E-state index in [0.717, 1.165) is 113 Å². The van der Waals surface area contributed by atoms with Crippen LogP contribution in [0.15, 0.2) is 70.5 Å². The molecule has 0 saturated carbocycles. The first-order chi connectivity index (χ1) is 44.8. The molecule has 6 aromatic rings. The van der Waals surface area contributed by atoms with Crippen LogP contribution in [0.2, 0.25) is 0 Å². The van der Waals surface area contributed by atoms with Gasteiger partial charge in [0.25, 0.3) is 11.1 Å². The number of carbonyl (C=O) groups excluding carboxylic acids is 3. The van der Waals surface area contributed by atoms with Crippen molar-refractivity contribution in [2.24, 2.45) is 17.6 Å². The Morgan fingerprint density at radius 2 is 0.876 bits per heavy atom. The number of aryl methyl sites for hydroxylation is 10. The molecule has 0 amide bonds. The smallest absolute Gasteiger partial charge is 0.326 e. The van der Waals surface area contributed by atoms with Gasteiger partial charge in [-0.3, -0.25) is 24.0 Å². The molecule has 14 nitrogen and oxygen atoms in total. The number of esters is 2. The predicted octanol–water partition coefficient (Wildman–Crippen LogP) is 15.0. The molecule has 2 aliphatic heterocycles. The molecule has 4 atom stereocenters. The number of hydrogen-bond acceptors (Lipinski definition) is 11. The second-order valence-electron chi connectivity index (χ2n) is 27.1. The molecule has 20 heteroatoms. The number of hydrogen-bond donors (Lipinski definition) is 2. The van der Waals surface area contributed by atoms with Crippen LogP contribution < -0.4 is 16.9 Å². The number of halogens is 4. The molecule has 4 aromatic carbocycles. The summed E-state index contributed by atoms with van der Waals surface area (Å²) in [5, 5.41) is 9.46. The third-order valence-corrected chi connectivity index (χ3v) is 18.2. The zero-order chi connectivity index (χ0) is 70.4. The van der Waals surface area contributed by atoms with Crippen LogP contribution in [0.4, 0.5) is 17.6 Å². The van der Waals surface area contributed by atoms with Crippen molar-refractivity contribution in [1.82, 2.24) is 18.9 Å². The average molecular weight is 1380 g/mol. The molecule has 0 bridgehead atoms. The minimum Gasteiger partial charge on any atom is -0.480 e. The Morgan fingerprint density at radius 3 is 1.25 bits per heavy atom. The summed E-state index contributed by atoms with van der Waals surface area (Å²) in [5.74, 6) is -6.37. The summed E-state index contributed by atoms with van der Waals surface area (Å²) >= 11 is 0. The molecule has 532 valence electrons. The molecule has 2 saturated heterocycles. The highest BCUT2D eigenvalue weighted by Crippen LogP contribution is 2.41. The van der Waals surface area contributed by atoms with E-state index in [1.807, 2.05) is 107 Å². The van der Waals surface area contributed by atoms with E-state index in [0.29, 0.717) is 24.0 Å². The van der Waals surface area contributed by atoms with Crippen molar-refractivity contribution in [3.05, 3.63) is 183 Å². The zero-order valence-corrected chi connectivity index (χ0v) is 61.8. The number of aliphatic carboxylic acids is 1. The number of nitrogens with zero attached hydrogens (tertiary/aromatic N) is 4. The molecular formula is C77H105F4N5O9S2. The topological polar surface area (TPSA) is 183 Å². The summed E-state index contributed by atoms with van der Waals surface area (Å²) < 4.78 is 75.7. The maximum absolute atomic E-state index is 16.7. The number of Topliss-reactive ketones (excluding diaryl/α,β-unsaturated/α-hetero) is 1. The lowest BCUT2D eigenvalue weighted by Crippen LogP contribution is -2.38. The van der Waals surface area contributed by atoms with Gasteiger partial charge in [0.2, 0.25) is 0 Å². The van der Waals surface area contributed by atoms with E-state index in [1.54, 1.807) is 52.2 Å². The van der Waals surface area contributed by atoms with E-state index in [9.17, 15) is 38.3 Å². The Labute approximate surface area is 585 Å². The third-order valence-electron chi connectivity index (χ3n) is 18.2. The van der Waals surface area contributed by atoms with Crippen molar-refractivity contribution in [2.75, 3.05) is 52.5 Å². The quantitative estimate of drug-likeness (QED) is 0.0388. The van der Waals surface area contributed by atoms with Crippen LogP contribution in [0, 0.1) is 104 Å². The Morgan fingerprint density at radius 1 is 0.505 bits per heavy atom. The Bertz CT molecular complexity index is 3830. The second kappa shape index (κ2) is 37.4. The van der Waals surface area contributed by atoms with Gasteiger partial charge in [0.1, 0.15) is 29.3 Å². The monoisotopic (exact) mass is 1380 g/mol. The third kappa shape index (κ3) is 21.6. The van der Waals surface area contributed by atoms with Crippen LogP contribution in [-0.2, 0) is 41.5 Å². The van der Waals surface area contributed by atoms with E-state index in [2.05, 4.69) is 9.80 Å². The van der Waals surface area contributed by atoms with Gasteiger partial charge < -0.3 is 39.2 Å². The lowest BCUT2D eigenvalue weighted by Gasteiger charge is -2.31. The first kappa shape index (κ1) is 82.6. The molecular weight excluding hydrogens is 1280 g/mol. The first-order valence-electron chi connectivity index (χ1n) is 33.6. The highest BCUT2D eigenvalue weighted by atomic mass is 32.1. The summed E-state index contributed by atoms with van der Waals surface area (Å²) in [7, 11) is 0. The van der Waals surface area contributed by atoms with Crippen LogP contribution in [0.5, 0.6) is 0 Å². The van der Waals surface area contributed by atoms with Gasteiger partial charge in [-0.15, -0.1) is 0 Å². The molecule has 3 N–H and O–H groups in total. The highest BCUT2D eigenvalue weighted by molar-refractivity contribution is 7.59. The van der Waals surface area contributed by atoms with E-state index < -0.39 is 65.2 Å². The van der Waals surface area contributed by atoms with Crippen LogP contribution in [0.25, 0.3) is 22.3 Å². The van der Waals surface area contributed by atoms with E-state index >= 15 is 13.2 Å². The maximum atomic E-state index is 16.7. The summed E-state index contributed by atoms with van der Waals surface area (Å²) in [4.78, 5) is 80.8. The fraction of sp³-hybridized carbons (Fsp3) is 0.506. The number of pyridine rings is 2. The Balaban J connectivity index is 0.000000337. The molecule has 0 aliphatic carbocycles. The number of ketones is 1. The van der Waals surface area contributed by atoms with Crippen molar-refractivity contribution in [1.29, 1.82) is 0 Å². The fourth-order valence-corrected chi connectivity index (χ4v) is 13.2. The number of rotatable bonds is 26. The summed E-state index contributed by atoms with van der Waals surface area (Å²) in [6, 6.07) is 11.2.